The van der Waals surface area contributed by atoms with Crippen molar-refractivity contribution >= 4 is 39.3 Å². The third kappa shape index (κ3) is 4.83. The van der Waals surface area contributed by atoms with Gasteiger partial charge in [-0.3, -0.25) is 9.59 Å². The highest BCUT2D eigenvalue weighted by molar-refractivity contribution is 9.10. The molecule has 8 heteroatoms. The zero-order chi connectivity index (χ0) is 22.0. The van der Waals surface area contributed by atoms with Crippen LogP contribution >= 0.6 is 27.5 Å². The highest BCUT2D eigenvalue weighted by Crippen LogP contribution is 2.29. The van der Waals surface area contributed by atoms with E-state index < -0.39 is 6.04 Å². The summed E-state index contributed by atoms with van der Waals surface area (Å²) in [6.45, 7) is 2.97. The first-order valence-electron chi connectivity index (χ1n) is 9.94. The molecule has 2 amide bonds. The standard InChI is InChI=1S/C23H21BrClN3O3/c1-14-8-20(28(12-14)23(30)18-7-6-17(25)9-19(18)24)22(29)27-10-15-2-4-16(5-3-15)21-11-26-13-31-21/h2-7,9,11,13-14,20H,8,10,12H2,1H3,(H,27,29)/t14-,20+/m1/s1. The van der Waals surface area contributed by atoms with Crippen LogP contribution in [0.15, 0.2) is 63.9 Å². The number of amides is 2. The number of halogens is 2. The third-order valence-corrected chi connectivity index (χ3v) is 6.26. The molecule has 1 saturated heterocycles. The molecule has 0 unspecified atom stereocenters. The second-order valence-corrected chi connectivity index (χ2v) is 9.01. The van der Waals surface area contributed by atoms with Crippen LogP contribution < -0.4 is 5.32 Å². The Morgan fingerprint density at radius 3 is 2.71 bits per heavy atom. The van der Waals surface area contributed by atoms with Gasteiger partial charge in [0.15, 0.2) is 12.2 Å². The molecule has 4 rings (SSSR count). The summed E-state index contributed by atoms with van der Waals surface area (Å²) in [6.07, 6.45) is 3.68. The molecule has 1 aromatic heterocycles. The van der Waals surface area contributed by atoms with E-state index in [9.17, 15) is 9.59 Å². The molecule has 1 N–H and O–H groups in total. The molecule has 0 spiro atoms. The first kappa shape index (κ1) is 21.6. The van der Waals surface area contributed by atoms with Gasteiger partial charge >= 0.3 is 0 Å². The Morgan fingerprint density at radius 1 is 1.26 bits per heavy atom. The van der Waals surface area contributed by atoms with Crippen LogP contribution in [0, 0.1) is 5.92 Å². The summed E-state index contributed by atoms with van der Waals surface area (Å²) < 4.78 is 5.91. The summed E-state index contributed by atoms with van der Waals surface area (Å²) in [5.41, 5.74) is 2.38. The first-order valence-corrected chi connectivity index (χ1v) is 11.1. The number of carbonyl (C=O) groups excluding carboxylic acids is 2. The third-order valence-electron chi connectivity index (χ3n) is 5.37. The Hall–Kier alpha value is -2.64. The molecule has 2 aromatic carbocycles. The van der Waals surface area contributed by atoms with Crippen molar-refractivity contribution in [2.75, 3.05) is 6.54 Å². The van der Waals surface area contributed by atoms with Crippen LogP contribution in [-0.4, -0.2) is 34.3 Å². The summed E-state index contributed by atoms with van der Waals surface area (Å²) in [7, 11) is 0. The van der Waals surface area contributed by atoms with E-state index in [1.807, 2.05) is 31.2 Å². The van der Waals surface area contributed by atoms with Gasteiger partial charge in [-0.05, 0) is 52.0 Å². The molecule has 6 nitrogen and oxygen atoms in total. The molecule has 0 aliphatic carbocycles. The van der Waals surface area contributed by atoms with Gasteiger partial charge < -0.3 is 14.6 Å². The van der Waals surface area contributed by atoms with E-state index in [-0.39, 0.29) is 17.7 Å². The van der Waals surface area contributed by atoms with E-state index in [4.69, 9.17) is 16.0 Å². The molecule has 1 aliphatic heterocycles. The van der Waals surface area contributed by atoms with Gasteiger partial charge in [-0.2, -0.15) is 0 Å². The number of likely N-dealkylation sites (tertiary alicyclic amines) is 1. The van der Waals surface area contributed by atoms with E-state index in [1.54, 1.807) is 29.3 Å². The van der Waals surface area contributed by atoms with Gasteiger partial charge in [0.2, 0.25) is 5.91 Å². The maximum absolute atomic E-state index is 13.1. The van der Waals surface area contributed by atoms with E-state index in [0.717, 1.165) is 11.1 Å². The summed E-state index contributed by atoms with van der Waals surface area (Å²) in [4.78, 5) is 31.6. The summed E-state index contributed by atoms with van der Waals surface area (Å²) in [5, 5.41) is 3.52. The van der Waals surface area contributed by atoms with Crippen LogP contribution in [0.3, 0.4) is 0 Å². The molecule has 0 bridgehead atoms. The quantitative estimate of drug-likeness (QED) is 0.537. The van der Waals surface area contributed by atoms with Crippen molar-refractivity contribution in [2.24, 2.45) is 5.92 Å². The Kier molecular flexibility index (Phi) is 6.43. The highest BCUT2D eigenvalue weighted by Gasteiger charge is 2.38. The van der Waals surface area contributed by atoms with E-state index in [1.165, 1.54) is 6.39 Å². The minimum Gasteiger partial charge on any atom is -0.444 e. The highest BCUT2D eigenvalue weighted by atomic mass is 79.9. The number of hydrogen-bond donors (Lipinski definition) is 1. The number of aromatic nitrogens is 1. The lowest BCUT2D eigenvalue weighted by Crippen LogP contribution is -2.45. The number of benzene rings is 2. The molecule has 1 aliphatic rings. The number of nitrogens with zero attached hydrogens (tertiary/aromatic N) is 2. The summed E-state index contributed by atoms with van der Waals surface area (Å²) in [5.74, 6) is 0.608. The number of oxazole rings is 1. The van der Waals surface area contributed by atoms with Crippen molar-refractivity contribution in [3.05, 3.63) is 75.7 Å². The molecule has 31 heavy (non-hydrogen) atoms. The van der Waals surface area contributed by atoms with Gasteiger partial charge in [-0.15, -0.1) is 0 Å². The fourth-order valence-corrected chi connectivity index (χ4v) is 4.64. The van der Waals surface area contributed by atoms with Crippen molar-refractivity contribution in [3.8, 4) is 11.3 Å². The van der Waals surface area contributed by atoms with Crippen LogP contribution in [0.4, 0.5) is 0 Å². The average molecular weight is 503 g/mol. The molecule has 1 fully saturated rings. The number of hydrogen-bond acceptors (Lipinski definition) is 4. The maximum atomic E-state index is 13.1. The smallest absolute Gasteiger partial charge is 0.255 e. The minimum atomic E-state index is -0.501. The van der Waals surface area contributed by atoms with E-state index >= 15 is 0 Å². The second kappa shape index (κ2) is 9.24. The lowest BCUT2D eigenvalue weighted by molar-refractivity contribution is -0.125. The van der Waals surface area contributed by atoms with Crippen molar-refractivity contribution in [2.45, 2.75) is 25.9 Å². The molecule has 0 radical (unpaired) electrons. The van der Waals surface area contributed by atoms with E-state index in [2.05, 4.69) is 26.2 Å². The maximum Gasteiger partial charge on any atom is 0.255 e. The van der Waals surface area contributed by atoms with Crippen LogP contribution in [0.5, 0.6) is 0 Å². The van der Waals surface area contributed by atoms with Crippen LogP contribution in [-0.2, 0) is 11.3 Å². The van der Waals surface area contributed by atoms with Gasteiger partial charge in [0.05, 0.1) is 11.8 Å². The monoisotopic (exact) mass is 501 g/mol. The SMILES string of the molecule is C[C@@H]1C[C@@H](C(=O)NCc2ccc(-c3cnco3)cc2)N(C(=O)c2ccc(Cl)cc2Br)C1. The predicted molar refractivity (Wildman–Crippen MR) is 122 cm³/mol. The first-order chi connectivity index (χ1) is 14.9. The second-order valence-electron chi connectivity index (χ2n) is 7.72. The molecule has 2 atom stereocenters. The summed E-state index contributed by atoms with van der Waals surface area (Å²) in [6, 6.07) is 12.3. The Balaban J connectivity index is 1.42. The number of rotatable bonds is 5. The van der Waals surface area contributed by atoms with Gasteiger partial charge in [-0.1, -0.05) is 42.8 Å². The van der Waals surface area contributed by atoms with Crippen LogP contribution in [0.2, 0.25) is 5.02 Å². The molecular weight excluding hydrogens is 482 g/mol. The van der Waals surface area contributed by atoms with Gasteiger partial charge in [0.25, 0.3) is 5.91 Å². The molecular formula is C23H21BrClN3O3. The normalized spacial score (nSPS) is 18.2. The number of carbonyl (C=O) groups is 2. The summed E-state index contributed by atoms with van der Waals surface area (Å²) >= 11 is 9.40. The van der Waals surface area contributed by atoms with E-state index in [0.29, 0.717) is 40.3 Å². The molecule has 160 valence electrons. The minimum absolute atomic E-state index is 0.151. The lowest BCUT2D eigenvalue weighted by Gasteiger charge is -2.24. The predicted octanol–water partition coefficient (Wildman–Crippen LogP) is 4.92. The van der Waals surface area contributed by atoms with Crippen molar-refractivity contribution < 1.29 is 14.0 Å². The molecule has 0 saturated carbocycles. The molecule has 3 aromatic rings. The van der Waals surface area contributed by atoms with Crippen LogP contribution in [0.1, 0.15) is 29.3 Å². The van der Waals surface area contributed by atoms with Crippen molar-refractivity contribution in [1.82, 2.24) is 15.2 Å². The van der Waals surface area contributed by atoms with Crippen molar-refractivity contribution in [1.29, 1.82) is 0 Å². The largest absolute Gasteiger partial charge is 0.444 e. The average Bonchev–Trinajstić information content (AvgIpc) is 3.42. The Labute approximate surface area is 193 Å². The fourth-order valence-electron chi connectivity index (χ4n) is 3.79. The van der Waals surface area contributed by atoms with Crippen molar-refractivity contribution in [3.63, 3.8) is 0 Å². The Morgan fingerprint density at radius 2 is 2.03 bits per heavy atom. The zero-order valence-electron chi connectivity index (χ0n) is 16.8. The van der Waals surface area contributed by atoms with Gasteiger partial charge in [-0.25, -0.2) is 4.98 Å². The van der Waals surface area contributed by atoms with Crippen LogP contribution in [0.25, 0.3) is 11.3 Å². The molecule has 2 heterocycles. The topological polar surface area (TPSA) is 75.4 Å². The lowest BCUT2D eigenvalue weighted by atomic mass is 10.1. The van der Waals surface area contributed by atoms with Gasteiger partial charge in [0, 0.05) is 28.1 Å². The zero-order valence-corrected chi connectivity index (χ0v) is 19.2. The van der Waals surface area contributed by atoms with Gasteiger partial charge in [0.1, 0.15) is 6.04 Å². The number of nitrogens with one attached hydrogen (secondary N) is 1. The fraction of sp³-hybridized carbons (Fsp3) is 0.261. The Bertz CT molecular complexity index is 1090.